The van der Waals surface area contributed by atoms with Crippen molar-refractivity contribution in [1.82, 2.24) is 4.90 Å². The molecule has 0 aliphatic carbocycles. The largest absolute Gasteiger partial charge is 0.508 e. The fourth-order valence-electron chi connectivity index (χ4n) is 2.80. The summed E-state index contributed by atoms with van der Waals surface area (Å²) in [7, 11) is 5.13. The van der Waals surface area contributed by atoms with Gasteiger partial charge in [-0.15, -0.1) is 0 Å². The van der Waals surface area contributed by atoms with E-state index in [0.717, 1.165) is 19.8 Å². The third-order valence-electron chi connectivity index (χ3n) is 4.28. The van der Waals surface area contributed by atoms with Crippen molar-refractivity contribution in [3.05, 3.63) is 29.8 Å². The second-order valence-corrected chi connectivity index (χ2v) is 6.18. The Labute approximate surface area is 175 Å². The monoisotopic (exact) mass is 427 g/mol. The van der Waals surface area contributed by atoms with E-state index in [4.69, 9.17) is 18.9 Å². The van der Waals surface area contributed by atoms with E-state index in [1.54, 1.807) is 31.4 Å². The number of ether oxygens (including phenoxy) is 6. The molecule has 0 unspecified atom stereocenters. The fourth-order valence-corrected chi connectivity index (χ4v) is 2.80. The molecule has 1 amide bonds. The van der Waals surface area contributed by atoms with Crippen molar-refractivity contribution >= 4 is 18.4 Å². The Balaban J connectivity index is 3.19. The number of carbonyl (C=O) groups excluding carboxylic acids is 3. The lowest BCUT2D eigenvalue weighted by atomic mass is 10.0. The molecule has 0 radical (unpaired) electrons. The molecule has 0 heterocycles. The standard InChI is InChI=1S/C20H29NO9/c1-6-7-16(17(30-20(24)28-5)13-29-19(23)27-4)21(18(22)26-3)12-14-8-10-15(25-2)11-9-14/h8-11,16-17H,6-7,12-13H2,1-5H3/t16-,17+/m1/s1. The highest BCUT2D eigenvalue weighted by atomic mass is 16.7. The summed E-state index contributed by atoms with van der Waals surface area (Å²) in [5, 5.41) is 0. The van der Waals surface area contributed by atoms with Crippen molar-refractivity contribution < 1.29 is 42.8 Å². The quantitative estimate of drug-likeness (QED) is 0.410. The van der Waals surface area contributed by atoms with E-state index in [-0.39, 0.29) is 13.2 Å². The lowest BCUT2D eigenvalue weighted by Gasteiger charge is -2.35. The predicted molar refractivity (Wildman–Crippen MR) is 105 cm³/mol. The second kappa shape index (κ2) is 13.1. The van der Waals surface area contributed by atoms with Crippen LogP contribution in [0.15, 0.2) is 24.3 Å². The molecule has 1 aromatic carbocycles. The number of nitrogens with zero attached hydrogens (tertiary/aromatic N) is 1. The summed E-state index contributed by atoms with van der Waals surface area (Å²) < 4.78 is 29.4. The average molecular weight is 427 g/mol. The lowest BCUT2D eigenvalue weighted by molar-refractivity contribution is -0.0435. The summed E-state index contributed by atoms with van der Waals surface area (Å²) in [6.07, 6.45) is -2.45. The van der Waals surface area contributed by atoms with Gasteiger partial charge in [-0.05, 0) is 24.1 Å². The summed E-state index contributed by atoms with van der Waals surface area (Å²) in [5.41, 5.74) is 0.799. The molecular formula is C20H29NO9. The Bertz CT molecular complexity index is 677. The maximum Gasteiger partial charge on any atom is 0.508 e. The van der Waals surface area contributed by atoms with Gasteiger partial charge in [-0.1, -0.05) is 25.5 Å². The number of hydrogen-bond acceptors (Lipinski definition) is 9. The van der Waals surface area contributed by atoms with Gasteiger partial charge in [0.15, 0.2) is 6.10 Å². The minimum absolute atomic E-state index is 0.167. The third kappa shape index (κ3) is 7.69. The van der Waals surface area contributed by atoms with E-state index >= 15 is 0 Å². The van der Waals surface area contributed by atoms with Crippen LogP contribution < -0.4 is 4.74 Å². The van der Waals surface area contributed by atoms with Crippen molar-refractivity contribution in [1.29, 1.82) is 0 Å². The number of hydrogen-bond donors (Lipinski definition) is 0. The molecule has 10 nitrogen and oxygen atoms in total. The van der Waals surface area contributed by atoms with E-state index in [1.165, 1.54) is 12.0 Å². The SMILES string of the molecule is CCC[C@H]([C@H](COC(=O)OC)OC(=O)OC)N(Cc1ccc(OC)cc1)C(=O)OC. The van der Waals surface area contributed by atoms with Gasteiger partial charge in [-0.25, -0.2) is 14.4 Å². The van der Waals surface area contributed by atoms with Gasteiger partial charge in [0, 0.05) is 6.54 Å². The van der Waals surface area contributed by atoms with Crippen LogP contribution in [0.4, 0.5) is 14.4 Å². The van der Waals surface area contributed by atoms with E-state index in [1.807, 2.05) is 6.92 Å². The van der Waals surface area contributed by atoms with Gasteiger partial charge >= 0.3 is 18.4 Å². The van der Waals surface area contributed by atoms with Gasteiger partial charge in [0.1, 0.15) is 12.4 Å². The van der Waals surface area contributed by atoms with Crippen molar-refractivity contribution in [2.75, 3.05) is 35.0 Å². The number of carbonyl (C=O) groups is 3. The van der Waals surface area contributed by atoms with Gasteiger partial charge in [-0.3, -0.25) is 4.90 Å². The predicted octanol–water partition coefficient (Wildman–Crippen LogP) is 3.37. The normalized spacial score (nSPS) is 12.2. The maximum absolute atomic E-state index is 12.6. The third-order valence-corrected chi connectivity index (χ3v) is 4.28. The molecule has 0 bridgehead atoms. The molecule has 0 saturated heterocycles. The summed E-state index contributed by atoms with van der Waals surface area (Å²) in [4.78, 5) is 37.2. The van der Waals surface area contributed by atoms with Gasteiger partial charge in [-0.2, -0.15) is 0 Å². The van der Waals surface area contributed by atoms with E-state index < -0.39 is 30.5 Å². The number of methoxy groups -OCH3 is 4. The van der Waals surface area contributed by atoms with Crippen LogP contribution in [0.3, 0.4) is 0 Å². The maximum atomic E-state index is 12.6. The van der Waals surface area contributed by atoms with Gasteiger partial charge < -0.3 is 28.4 Å². The molecule has 0 spiro atoms. The molecule has 2 atom stereocenters. The zero-order valence-electron chi connectivity index (χ0n) is 17.9. The van der Waals surface area contributed by atoms with E-state index in [9.17, 15) is 14.4 Å². The Morgan fingerprint density at radius 1 is 0.933 bits per heavy atom. The zero-order chi connectivity index (χ0) is 22.5. The van der Waals surface area contributed by atoms with Crippen molar-refractivity contribution in [2.24, 2.45) is 0 Å². The van der Waals surface area contributed by atoms with Crippen LogP contribution in [-0.2, 0) is 30.2 Å². The topological polar surface area (TPSA) is 110 Å². The molecule has 0 fully saturated rings. The summed E-state index contributed by atoms with van der Waals surface area (Å²) >= 11 is 0. The van der Waals surface area contributed by atoms with Crippen molar-refractivity contribution in [2.45, 2.75) is 38.5 Å². The minimum Gasteiger partial charge on any atom is -0.497 e. The molecule has 30 heavy (non-hydrogen) atoms. The highest BCUT2D eigenvalue weighted by Crippen LogP contribution is 2.21. The minimum atomic E-state index is -1.01. The average Bonchev–Trinajstić information content (AvgIpc) is 2.78. The van der Waals surface area contributed by atoms with Crippen LogP contribution >= 0.6 is 0 Å². The Kier molecular flexibility index (Phi) is 10.9. The summed E-state index contributed by atoms with van der Waals surface area (Å²) in [6.45, 7) is 1.75. The molecule has 0 N–H and O–H groups in total. The Morgan fingerprint density at radius 3 is 2.07 bits per heavy atom. The second-order valence-electron chi connectivity index (χ2n) is 6.18. The zero-order valence-corrected chi connectivity index (χ0v) is 17.9. The molecule has 0 aromatic heterocycles. The first-order valence-electron chi connectivity index (χ1n) is 9.32. The van der Waals surface area contributed by atoms with Crippen molar-refractivity contribution in [3.63, 3.8) is 0 Å². The van der Waals surface area contributed by atoms with Crippen LogP contribution in [0.5, 0.6) is 5.75 Å². The number of benzene rings is 1. The first-order chi connectivity index (χ1) is 14.4. The number of rotatable bonds is 10. The first-order valence-corrected chi connectivity index (χ1v) is 9.32. The molecule has 0 aliphatic heterocycles. The van der Waals surface area contributed by atoms with Crippen LogP contribution in [-0.4, -0.2) is 70.5 Å². The Morgan fingerprint density at radius 2 is 1.57 bits per heavy atom. The Hall–Kier alpha value is -3.17. The molecule has 168 valence electrons. The van der Waals surface area contributed by atoms with Crippen LogP contribution in [0.1, 0.15) is 25.3 Å². The van der Waals surface area contributed by atoms with E-state index in [0.29, 0.717) is 18.6 Å². The molecule has 0 aliphatic rings. The molecule has 0 saturated carbocycles. The first kappa shape index (κ1) is 24.9. The van der Waals surface area contributed by atoms with Gasteiger partial charge in [0.25, 0.3) is 0 Å². The lowest BCUT2D eigenvalue weighted by Crippen LogP contribution is -2.50. The van der Waals surface area contributed by atoms with Gasteiger partial charge in [0.2, 0.25) is 0 Å². The highest BCUT2D eigenvalue weighted by Gasteiger charge is 2.35. The summed E-state index contributed by atoms with van der Waals surface area (Å²) in [6, 6.07) is 6.48. The molecule has 1 aromatic rings. The number of amides is 1. The van der Waals surface area contributed by atoms with Crippen LogP contribution in [0.25, 0.3) is 0 Å². The van der Waals surface area contributed by atoms with Crippen molar-refractivity contribution in [3.8, 4) is 5.75 Å². The highest BCUT2D eigenvalue weighted by molar-refractivity contribution is 5.68. The van der Waals surface area contributed by atoms with E-state index in [2.05, 4.69) is 9.47 Å². The molecular weight excluding hydrogens is 398 g/mol. The fraction of sp³-hybridized carbons (Fsp3) is 0.550. The molecule has 10 heteroatoms. The van der Waals surface area contributed by atoms with Crippen LogP contribution in [0, 0.1) is 0 Å². The smallest absolute Gasteiger partial charge is 0.497 e. The molecule has 1 rings (SSSR count). The van der Waals surface area contributed by atoms with Crippen LogP contribution in [0.2, 0.25) is 0 Å². The summed E-state index contributed by atoms with van der Waals surface area (Å²) in [5.74, 6) is 0.673. The van der Waals surface area contributed by atoms with Gasteiger partial charge in [0.05, 0.1) is 34.5 Å².